The van der Waals surface area contributed by atoms with Crippen LogP contribution in [0.25, 0.3) is 10.9 Å². The molecule has 1 aromatic heterocycles. The minimum absolute atomic E-state index is 0.289. The van der Waals surface area contributed by atoms with Gasteiger partial charge in [0.05, 0.1) is 17.3 Å². The zero-order chi connectivity index (χ0) is 23.2. The van der Waals surface area contributed by atoms with Crippen LogP contribution < -0.4 is 5.32 Å². The fraction of sp³-hybridized carbons (Fsp3) is 0.160. The van der Waals surface area contributed by atoms with Gasteiger partial charge in [0.25, 0.3) is 0 Å². The van der Waals surface area contributed by atoms with Crippen molar-refractivity contribution in [3.8, 4) is 0 Å². The fourth-order valence-electron chi connectivity index (χ4n) is 4.48. The molecule has 1 aliphatic rings. The lowest BCUT2D eigenvalue weighted by atomic mass is 9.92. The number of aromatic nitrogens is 1. The average Bonchev–Trinajstić information content (AvgIpc) is 3.17. The zero-order valence-electron chi connectivity index (χ0n) is 17.3. The first kappa shape index (κ1) is 21.1. The summed E-state index contributed by atoms with van der Waals surface area (Å²) in [6.07, 6.45) is -4.07. The van der Waals surface area contributed by atoms with Crippen molar-refractivity contribution in [1.29, 1.82) is 0 Å². The van der Waals surface area contributed by atoms with E-state index in [2.05, 4.69) is 10.3 Å². The number of halogens is 4. The number of amides is 2. The van der Waals surface area contributed by atoms with Gasteiger partial charge in [0.2, 0.25) is 0 Å². The van der Waals surface area contributed by atoms with Crippen LogP contribution in [0.2, 0.25) is 0 Å². The third-order valence-electron chi connectivity index (χ3n) is 5.96. The quantitative estimate of drug-likeness (QED) is 0.334. The molecule has 1 atom stereocenters. The van der Waals surface area contributed by atoms with Crippen LogP contribution in [-0.2, 0) is 12.6 Å². The normalized spacial score (nSPS) is 16.0. The van der Waals surface area contributed by atoms with Gasteiger partial charge in [0.1, 0.15) is 5.82 Å². The number of carbonyl (C=O) groups excluding carboxylic acids is 1. The first-order valence-corrected chi connectivity index (χ1v) is 10.4. The molecule has 0 aliphatic carbocycles. The van der Waals surface area contributed by atoms with Crippen molar-refractivity contribution in [2.75, 3.05) is 11.9 Å². The highest BCUT2D eigenvalue weighted by Gasteiger charge is 2.37. The lowest BCUT2D eigenvalue weighted by Gasteiger charge is -2.36. The molecule has 1 unspecified atom stereocenters. The SMILES string of the molecule is O=C(Nc1ccccc1C(F)(F)F)N1CCc2c([nH]c3ccccc23)C1c1ccc(F)cc1. The molecule has 0 spiro atoms. The minimum atomic E-state index is -4.60. The summed E-state index contributed by atoms with van der Waals surface area (Å²) in [4.78, 5) is 18.1. The molecule has 8 heteroatoms. The van der Waals surface area contributed by atoms with Gasteiger partial charge in [0.15, 0.2) is 0 Å². The third kappa shape index (κ3) is 3.82. The first-order chi connectivity index (χ1) is 15.8. The van der Waals surface area contributed by atoms with E-state index < -0.39 is 29.6 Å². The maximum absolute atomic E-state index is 13.6. The van der Waals surface area contributed by atoms with Gasteiger partial charge in [-0.1, -0.05) is 42.5 Å². The Balaban J connectivity index is 1.57. The van der Waals surface area contributed by atoms with Crippen molar-refractivity contribution >= 4 is 22.6 Å². The summed E-state index contributed by atoms with van der Waals surface area (Å²) < 4.78 is 53.9. The fourth-order valence-corrected chi connectivity index (χ4v) is 4.48. The molecule has 1 aliphatic heterocycles. The third-order valence-corrected chi connectivity index (χ3v) is 5.96. The predicted molar refractivity (Wildman–Crippen MR) is 117 cm³/mol. The second kappa shape index (κ2) is 7.95. The van der Waals surface area contributed by atoms with E-state index in [9.17, 15) is 22.4 Å². The van der Waals surface area contributed by atoms with Crippen molar-refractivity contribution < 1.29 is 22.4 Å². The number of aromatic amines is 1. The molecule has 0 bridgehead atoms. The van der Waals surface area contributed by atoms with E-state index in [4.69, 9.17) is 0 Å². The molecule has 2 amide bonds. The Hall–Kier alpha value is -3.81. The molecule has 3 aromatic carbocycles. The molecule has 0 radical (unpaired) electrons. The molecule has 2 N–H and O–H groups in total. The van der Waals surface area contributed by atoms with Crippen LogP contribution in [0.15, 0.2) is 72.8 Å². The number of H-pyrrole nitrogens is 1. The largest absolute Gasteiger partial charge is 0.418 e. The first-order valence-electron chi connectivity index (χ1n) is 10.4. The topological polar surface area (TPSA) is 48.1 Å². The van der Waals surface area contributed by atoms with Crippen molar-refractivity contribution in [2.45, 2.75) is 18.6 Å². The van der Waals surface area contributed by atoms with Gasteiger partial charge in [-0.05, 0) is 47.9 Å². The van der Waals surface area contributed by atoms with E-state index in [0.717, 1.165) is 28.2 Å². The number of rotatable bonds is 2. The number of hydrogen-bond donors (Lipinski definition) is 2. The van der Waals surface area contributed by atoms with Crippen LogP contribution >= 0.6 is 0 Å². The molecule has 33 heavy (non-hydrogen) atoms. The van der Waals surface area contributed by atoms with E-state index >= 15 is 0 Å². The van der Waals surface area contributed by atoms with E-state index in [0.29, 0.717) is 12.0 Å². The highest BCUT2D eigenvalue weighted by Crippen LogP contribution is 2.39. The number of carbonyl (C=O) groups is 1. The Morgan fingerprint density at radius 2 is 1.67 bits per heavy atom. The summed E-state index contributed by atoms with van der Waals surface area (Å²) in [7, 11) is 0. The van der Waals surface area contributed by atoms with Crippen LogP contribution in [0.5, 0.6) is 0 Å². The number of urea groups is 1. The van der Waals surface area contributed by atoms with Gasteiger partial charge >= 0.3 is 12.2 Å². The number of hydrogen-bond acceptors (Lipinski definition) is 1. The summed E-state index contributed by atoms with van der Waals surface area (Å²) in [5, 5.41) is 3.47. The van der Waals surface area contributed by atoms with E-state index in [1.165, 1.54) is 35.2 Å². The molecule has 4 aromatic rings. The molecule has 168 valence electrons. The maximum atomic E-state index is 13.6. The van der Waals surface area contributed by atoms with Crippen LogP contribution in [-0.4, -0.2) is 22.5 Å². The lowest BCUT2D eigenvalue weighted by molar-refractivity contribution is -0.136. The number of alkyl halides is 3. The minimum Gasteiger partial charge on any atom is -0.356 e. The summed E-state index contributed by atoms with van der Waals surface area (Å²) in [5.74, 6) is -0.415. The van der Waals surface area contributed by atoms with Crippen LogP contribution in [0.4, 0.5) is 28.0 Å². The van der Waals surface area contributed by atoms with Crippen molar-refractivity contribution in [2.24, 2.45) is 0 Å². The molecular formula is C25H19F4N3O. The van der Waals surface area contributed by atoms with Gasteiger partial charge in [-0.25, -0.2) is 9.18 Å². The van der Waals surface area contributed by atoms with Gasteiger partial charge in [-0.15, -0.1) is 0 Å². The second-order valence-electron chi connectivity index (χ2n) is 7.93. The zero-order valence-corrected chi connectivity index (χ0v) is 17.3. The second-order valence-corrected chi connectivity index (χ2v) is 7.93. The Bertz CT molecular complexity index is 1330. The number of fused-ring (bicyclic) bond motifs is 3. The van der Waals surface area contributed by atoms with E-state index in [-0.39, 0.29) is 12.2 Å². The number of anilines is 1. The predicted octanol–water partition coefficient (Wildman–Crippen LogP) is 6.51. The van der Waals surface area contributed by atoms with Crippen LogP contribution in [0.1, 0.15) is 28.4 Å². The highest BCUT2D eigenvalue weighted by molar-refractivity contribution is 5.92. The lowest BCUT2D eigenvalue weighted by Crippen LogP contribution is -2.43. The standard InChI is InChI=1S/C25H19F4N3O/c26-16-11-9-15(10-12-16)23-22-18(17-5-1-3-7-20(17)30-22)13-14-32(23)24(33)31-21-8-4-2-6-19(21)25(27,28)29/h1-12,23,30H,13-14H2,(H,31,33). The monoisotopic (exact) mass is 453 g/mol. The molecule has 0 saturated carbocycles. The van der Waals surface area contributed by atoms with Crippen molar-refractivity contribution in [3.63, 3.8) is 0 Å². The van der Waals surface area contributed by atoms with Crippen LogP contribution in [0, 0.1) is 5.82 Å². The molecule has 0 fully saturated rings. The van der Waals surface area contributed by atoms with Gasteiger partial charge in [0, 0.05) is 23.1 Å². The smallest absolute Gasteiger partial charge is 0.356 e. The molecule has 0 saturated heterocycles. The number of nitrogens with one attached hydrogen (secondary N) is 2. The number of benzene rings is 3. The van der Waals surface area contributed by atoms with Gasteiger partial charge in [-0.3, -0.25) is 0 Å². The average molecular weight is 453 g/mol. The number of nitrogens with zero attached hydrogens (tertiary/aromatic N) is 1. The maximum Gasteiger partial charge on any atom is 0.418 e. The summed E-state index contributed by atoms with van der Waals surface area (Å²) in [6.45, 7) is 0.289. The van der Waals surface area contributed by atoms with Crippen molar-refractivity contribution in [3.05, 3.63) is 101 Å². The molecule has 5 rings (SSSR count). The summed E-state index contributed by atoms with van der Waals surface area (Å²) in [5.41, 5.74) is 2.14. The van der Waals surface area contributed by atoms with Crippen LogP contribution in [0.3, 0.4) is 0 Å². The van der Waals surface area contributed by atoms with E-state index in [1.807, 2.05) is 24.3 Å². The van der Waals surface area contributed by atoms with E-state index in [1.54, 1.807) is 12.1 Å². The molecular weight excluding hydrogens is 434 g/mol. The Morgan fingerprint density at radius 3 is 2.42 bits per heavy atom. The molecule has 4 nitrogen and oxygen atoms in total. The summed E-state index contributed by atoms with van der Waals surface area (Å²) >= 11 is 0. The van der Waals surface area contributed by atoms with Crippen molar-refractivity contribution in [1.82, 2.24) is 9.88 Å². The molecule has 2 heterocycles. The summed E-state index contributed by atoms with van der Waals surface area (Å²) in [6, 6.07) is 17.1. The number of para-hydroxylation sites is 2. The highest BCUT2D eigenvalue weighted by atomic mass is 19.4. The Kier molecular flexibility index (Phi) is 5.08. The van der Waals surface area contributed by atoms with Gasteiger partial charge < -0.3 is 15.2 Å². The Labute approximate surface area is 186 Å². The Morgan fingerprint density at radius 1 is 0.970 bits per heavy atom. The van der Waals surface area contributed by atoms with Gasteiger partial charge in [-0.2, -0.15) is 13.2 Å².